The Bertz CT molecular complexity index is 115. The zero-order valence-corrected chi connectivity index (χ0v) is 9.70. The molecule has 0 aliphatic carbocycles. The third kappa shape index (κ3) is 2.37. The van der Waals surface area contributed by atoms with Crippen LogP contribution < -0.4 is 0 Å². The highest BCUT2D eigenvalue weighted by Crippen LogP contribution is 2.73. The molecule has 4 heteroatoms. The first-order valence-electron chi connectivity index (χ1n) is 3.11. The first kappa shape index (κ1) is 11.2. The van der Waals surface area contributed by atoms with E-state index in [1.807, 2.05) is 13.8 Å². The summed E-state index contributed by atoms with van der Waals surface area (Å²) in [5, 5.41) is 0. The summed E-state index contributed by atoms with van der Waals surface area (Å²) in [6, 6.07) is 0. The maximum Gasteiger partial charge on any atom is 0.0356 e. The Morgan fingerprint density at radius 3 is 1.40 bits per heavy atom. The maximum absolute atomic E-state index is 5.83. The normalized spacial score (nSPS) is 16.0. The van der Waals surface area contributed by atoms with Crippen LogP contribution in [0.3, 0.4) is 0 Å². The first-order valence-corrected chi connectivity index (χ1v) is 7.22. The molecule has 0 saturated heterocycles. The van der Waals surface area contributed by atoms with Gasteiger partial charge in [-0.15, -0.1) is 0 Å². The lowest BCUT2D eigenvalue weighted by Gasteiger charge is -2.39. The van der Waals surface area contributed by atoms with Gasteiger partial charge in [0.2, 0.25) is 0 Å². The largest absolute Gasteiger partial charge is 0.0614 e. The van der Waals surface area contributed by atoms with Gasteiger partial charge in [0.1, 0.15) is 0 Å². The number of rotatable bonds is 2. The molecular formula is C6H13Cl3S. The van der Waals surface area contributed by atoms with Gasteiger partial charge in [0.25, 0.3) is 0 Å². The molecule has 0 aliphatic heterocycles. The Labute approximate surface area is 78.0 Å². The lowest BCUT2D eigenvalue weighted by molar-refractivity contribution is 0.504. The van der Waals surface area contributed by atoms with Crippen molar-refractivity contribution in [2.24, 2.45) is 5.92 Å². The van der Waals surface area contributed by atoms with Crippen LogP contribution >= 0.6 is 39.7 Å². The van der Waals surface area contributed by atoms with Gasteiger partial charge < -0.3 is 0 Å². The molecule has 0 bridgehead atoms. The van der Waals surface area contributed by atoms with Crippen molar-refractivity contribution >= 4 is 39.7 Å². The predicted octanol–water partition coefficient (Wildman–Crippen LogP) is 4.69. The van der Waals surface area contributed by atoms with Crippen molar-refractivity contribution < 1.29 is 0 Å². The molecule has 0 N–H and O–H groups in total. The van der Waals surface area contributed by atoms with Crippen LogP contribution in [0.4, 0.5) is 0 Å². The van der Waals surface area contributed by atoms with Crippen molar-refractivity contribution in [3.05, 3.63) is 0 Å². The third-order valence-electron chi connectivity index (χ3n) is 1.99. The molecular weight excluding hydrogens is 210 g/mol. The zero-order chi connectivity index (χ0) is 8.58. The van der Waals surface area contributed by atoms with E-state index >= 15 is 0 Å². The van der Waals surface area contributed by atoms with E-state index in [1.165, 1.54) is 0 Å². The molecule has 0 fully saturated rings. The van der Waals surface area contributed by atoms with E-state index in [0.29, 0.717) is 5.92 Å². The predicted molar refractivity (Wildman–Crippen MR) is 54.1 cm³/mol. The summed E-state index contributed by atoms with van der Waals surface area (Å²) in [6.45, 7) is 8.10. The molecule has 10 heavy (non-hydrogen) atoms. The summed E-state index contributed by atoms with van der Waals surface area (Å²) in [6.07, 6.45) is 0. The van der Waals surface area contributed by atoms with Gasteiger partial charge in [0.05, 0.1) is 0 Å². The number of halogens is 3. The summed E-state index contributed by atoms with van der Waals surface area (Å²) in [5.74, 6) is 0.398. The van der Waals surface area contributed by atoms with Crippen LogP contribution in [0.25, 0.3) is 0 Å². The maximum atomic E-state index is 5.83. The molecule has 0 aromatic rings. The van der Waals surface area contributed by atoms with E-state index in [2.05, 4.69) is 13.8 Å². The SMILES string of the molecule is CC(C)C(C)(C)S(Cl)(Cl)Cl. The Morgan fingerprint density at radius 2 is 1.40 bits per heavy atom. The average Bonchev–Trinajstić information content (AvgIpc) is 1.62. The van der Waals surface area contributed by atoms with Gasteiger partial charge in [-0.3, -0.25) is 0 Å². The third-order valence-corrected chi connectivity index (χ3v) is 7.23. The van der Waals surface area contributed by atoms with Gasteiger partial charge in [0, 0.05) is 12.4 Å². The molecule has 0 heterocycles. The standard InChI is InChI=1S/C6H13Cl3S/c1-5(2)6(3,4)10(7,8)9/h5H,1-4H3. The smallest absolute Gasteiger partial charge is 0.0356 e. The van der Waals surface area contributed by atoms with Gasteiger partial charge in [-0.25, -0.2) is 0 Å². The molecule has 0 saturated carbocycles. The average molecular weight is 224 g/mol. The monoisotopic (exact) mass is 222 g/mol. The van der Waals surface area contributed by atoms with Crippen LogP contribution in [0.15, 0.2) is 0 Å². The lowest BCUT2D eigenvalue weighted by Crippen LogP contribution is -2.26. The summed E-state index contributed by atoms with van der Waals surface area (Å²) in [4.78, 5) is 0. The second kappa shape index (κ2) is 3.30. The molecule has 0 atom stereocenters. The molecule has 0 aliphatic rings. The van der Waals surface area contributed by atoms with Crippen molar-refractivity contribution in [3.63, 3.8) is 0 Å². The molecule has 0 spiro atoms. The minimum Gasteiger partial charge on any atom is -0.0614 e. The van der Waals surface area contributed by atoms with Crippen molar-refractivity contribution in [2.45, 2.75) is 32.4 Å². The van der Waals surface area contributed by atoms with Gasteiger partial charge >= 0.3 is 0 Å². The van der Waals surface area contributed by atoms with E-state index in [1.54, 1.807) is 0 Å². The van der Waals surface area contributed by atoms with E-state index in [0.717, 1.165) is 0 Å². The fourth-order valence-corrected chi connectivity index (χ4v) is 2.41. The molecule has 0 nitrogen and oxygen atoms in total. The molecule has 64 valence electrons. The molecule has 0 rings (SSSR count). The highest BCUT2D eigenvalue weighted by Gasteiger charge is 2.38. The van der Waals surface area contributed by atoms with Crippen LogP contribution in [0.1, 0.15) is 27.7 Å². The fourth-order valence-electron chi connectivity index (χ4n) is 0.267. The second-order valence-electron chi connectivity index (χ2n) is 3.16. The molecule has 0 aromatic heterocycles. The number of hydrogen-bond donors (Lipinski definition) is 0. The van der Waals surface area contributed by atoms with Crippen molar-refractivity contribution in [2.75, 3.05) is 0 Å². The molecule has 0 radical (unpaired) electrons. The summed E-state index contributed by atoms with van der Waals surface area (Å²) < 4.78 is -0.183. The second-order valence-corrected chi connectivity index (χ2v) is 10.6. The highest BCUT2D eigenvalue weighted by atomic mass is 36.2. The Hall–Kier alpha value is 1.22. The van der Waals surface area contributed by atoms with Crippen LogP contribution in [0.2, 0.25) is 0 Å². The van der Waals surface area contributed by atoms with E-state index < -0.39 is 7.67 Å². The van der Waals surface area contributed by atoms with Crippen LogP contribution in [0, 0.1) is 5.92 Å². The van der Waals surface area contributed by atoms with Crippen LogP contribution in [0.5, 0.6) is 0 Å². The van der Waals surface area contributed by atoms with Gasteiger partial charge in [0.15, 0.2) is 0 Å². The summed E-state index contributed by atoms with van der Waals surface area (Å²) in [5.41, 5.74) is 0. The Balaban J connectivity index is 4.40. The molecule has 0 unspecified atom stereocenters. The van der Waals surface area contributed by atoms with Crippen LogP contribution in [-0.4, -0.2) is 4.75 Å². The highest BCUT2D eigenvalue weighted by molar-refractivity contribution is 8.79. The van der Waals surface area contributed by atoms with Crippen molar-refractivity contribution in [3.8, 4) is 0 Å². The lowest BCUT2D eigenvalue weighted by atomic mass is 10.00. The summed E-state index contributed by atoms with van der Waals surface area (Å²) in [7, 11) is 15.5. The fraction of sp³-hybridized carbons (Fsp3) is 1.00. The van der Waals surface area contributed by atoms with E-state index in [4.69, 9.17) is 32.0 Å². The minimum absolute atomic E-state index is 0.183. The quantitative estimate of drug-likeness (QED) is 0.637. The Morgan fingerprint density at radius 1 is 1.10 bits per heavy atom. The Kier molecular flexibility index (Phi) is 3.71. The van der Waals surface area contributed by atoms with E-state index in [9.17, 15) is 0 Å². The summed E-state index contributed by atoms with van der Waals surface area (Å²) >= 11 is 0. The number of hydrogen-bond acceptors (Lipinski definition) is 0. The zero-order valence-electron chi connectivity index (χ0n) is 6.62. The topological polar surface area (TPSA) is 0 Å². The van der Waals surface area contributed by atoms with Gasteiger partial charge in [-0.2, -0.15) is 0 Å². The van der Waals surface area contributed by atoms with Gasteiger partial charge in [-0.1, -0.05) is 13.8 Å². The minimum atomic E-state index is -1.98. The van der Waals surface area contributed by atoms with Gasteiger partial charge in [-0.05, 0) is 51.8 Å². The molecule has 0 amide bonds. The van der Waals surface area contributed by atoms with Crippen molar-refractivity contribution in [1.29, 1.82) is 0 Å². The van der Waals surface area contributed by atoms with Crippen molar-refractivity contribution in [1.82, 2.24) is 0 Å². The van der Waals surface area contributed by atoms with Crippen LogP contribution in [-0.2, 0) is 0 Å². The van der Waals surface area contributed by atoms with E-state index in [-0.39, 0.29) is 4.75 Å². The molecule has 0 aromatic carbocycles. The first-order chi connectivity index (χ1) is 4.19.